The molecule has 132 valence electrons. The standard InChI is InChI=1S/C18H20N2O4S/c1-20-15(10-21)18(24-11-17(20)23)12-4-6-13(7-5-12)19-16(22)9-14-3-2-8-25-14/h2-8,15,18,21H,9-11H2,1H3,(H,19,22)/t15-,18-/m1/s1. The first-order valence-corrected chi connectivity index (χ1v) is 8.86. The average molecular weight is 360 g/mol. The van der Waals surface area contributed by atoms with Gasteiger partial charge in [0.05, 0.1) is 19.1 Å². The summed E-state index contributed by atoms with van der Waals surface area (Å²) in [7, 11) is 1.66. The second-order valence-electron chi connectivity index (χ2n) is 5.91. The SMILES string of the molecule is CN1C(=O)CO[C@H](c2ccc(NC(=O)Cc3cccs3)cc2)[C@H]1CO. The van der Waals surface area contributed by atoms with E-state index in [1.807, 2.05) is 29.6 Å². The molecule has 3 rings (SSSR count). The van der Waals surface area contributed by atoms with Crippen LogP contribution in [-0.4, -0.2) is 48.1 Å². The first-order chi connectivity index (χ1) is 12.1. The maximum atomic E-state index is 12.0. The van der Waals surface area contributed by atoms with Gasteiger partial charge in [-0.1, -0.05) is 18.2 Å². The lowest BCUT2D eigenvalue weighted by molar-refractivity contribution is -0.157. The van der Waals surface area contributed by atoms with E-state index in [0.29, 0.717) is 12.1 Å². The number of amides is 2. The molecule has 0 bridgehead atoms. The molecule has 1 saturated heterocycles. The molecule has 1 aliphatic rings. The van der Waals surface area contributed by atoms with Crippen molar-refractivity contribution in [3.8, 4) is 0 Å². The number of ether oxygens (including phenoxy) is 1. The number of benzene rings is 1. The van der Waals surface area contributed by atoms with E-state index in [4.69, 9.17) is 4.74 Å². The number of likely N-dealkylation sites (N-methyl/N-ethyl adjacent to an activating group) is 1. The summed E-state index contributed by atoms with van der Waals surface area (Å²) in [5, 5.41) is 14.4. The number of morpholine rings is 1. The number of carbonyl (C=O) groups is 2. The lowest BCUT2D eigenvalue weighted by Gasteiger charge is -2.38. The van der Waals surface area contributed by atoms with E-state index in [1.54, 1.807) is 30.5 Å². The summed E-state index contributed by atoms with van der Waals surface area (Å²) in [4.78, 5) is 26.3. The zero-order valence-electron chi connectivity index (χ0n) is 13.8. The molecule has 1 aromatic heterocycles. The van der Waals surface area contributed by atoms with Gasteiger partial charge in [-0.05, 0) is 29.1 Å². The van der Waals surface area contributed by atoms with Gasteiger partial charge in [-0.3, -0.25) is 9.59 Å². The van der Waals surface area contributed by atoms with Crippen LogP contribution >= 0.6 is 11.3 Å². The van der Waals surface area contributed by atoms with Crippen molar-refractivity contribution in [2.24, 2.45) is 0 Å². The highest BCUT2D eigenvalue weighted by molar-refractivity contribution is 7.10. The number of rotatable bonds is 5. The third kappa shape index (κ3) is 4.07. The molecule has 2 aromatic rings. The van der Waals surface area contributed by atoms with E-state index in [2.05, 4.69) is 5.32 Å². The minimum absolute atomic E-state index is 0.00301. The average Bonchev–Trinajstić information content (AvgIpc) is 3.11. The first-order valence-electron chi connectivity index (χ1n) is 7.99. The van der Waals surface area contributed by atoms with Crippen LogP contribution in [0.1, 0.15) is 16.5 Å². The highest BCUT2D eigenvalue weighted by Crippen LogP contribution is 2.29. The molecule has 2 heterocycles. The number of hydrogen-bond acceptors (Lipinski definition) is 5. The molecule has 2 N–H and O–H groups in total. The second-order valence-corrected chi connectivity index (χ2v) is 6.94. The lowest BCUT2D eigenvalue weighted by atomic mass is 9.99. The van der Waals surface area contributed by atoms with Crippen molar-refractivity contribution < 1.29 is 19.4 Å². The van der Waals surface area contributed by atoms with Gasteiger partial charge in [0.25, 0.3) is 0 Å². The third-order valence-corrected chi connectivity index (χ3v) is 5.13. The van der Waals surface area contributed by atoms with E-state index in [-0.39, 0.29) is 31.1 Å². The predicted octanol–water partition coefficient (Wildman–Crippen LogP) is 1.82. The molecule has 0 radical (unpaired) electrons. The molecule has 7 heteroatoms. The fourth-order valence-electron chi connectivity index (χ4n) is 2.83. The molecule has 2 amide bonds. The Hall–Kier alpha value is -2.22. The van der Waals surface area contributed by atoms with Crippen molar-refractivity contribution in [1.29, 1.82) is 0 Å². The largest absolute Gasteiger partial charge is 0.394 e. The van der Waals surface area contributed by atoms with Crippen molar-refractivity contribution in [2.45, 2.75) is 18.6 Å². The monoisotopic (exact) mass is 360 g/mol. The summed E-state index contributed by atoms with van der Waals surface area (Å²) >= 11 is 1.55. The Labute approximate surface area is 150 Å². The van der Waals surface area contributed by atoms with E-state index >= 15 is 0 Å². The fraction of sp³-hybridized carbons (Fsp3) is 0.333. The summed E-state index contributed by atoms with van der Waals surface area (Å²) in [6, 6.07) is 10.7. The third-order valence-electron chi connectivity index (χ3n) is 4.25. The lowest BCUT2D eigenvalue weighted by Crippen LogP contribution is -2.50. The number of thiophene rings is 1. The molecule has 0 aliphatic carbocycles. The number of aliphatic hydroxyl groups excluding tert-OH is 1. The van der Waals surface area contributed by atoms with Gasteiger partial charge < -0.3 is 20.1 Å². The Morgan fingerprint density at radius 2 is 2.12 bits per heavy atom. The molecular formula is C18H20N2O4S. The molecule has 0 unspecified atom stereocenters. The molecule has 0 spiro atoms. The molecule has 1 aromatic carbocycles. The van der Waals surface area contributed by atoms with Crippen molar-refractivity contribution >= 4 is 28.8 Å². The molecule has 1 fully saturated rings. The van der Waals surface area contributed by atoms with Gasteiger partial charge in [-0.25, -0.2) is 0 Å². The number of hydrogen-bond donors (Lipinski definition) is 2. The van der Waals surface area contributed by atoms with Crippen LogP contribution in [0.3, 0.4) is 0 Å². The van der Waals surface area contributed by atoms with Crippen LogP contribution in [0.2, 0.25) is 0 Å². The van der Waals surface area contributed by atoms with Gasteiger partial charge in [-0.15, -0.1) is 11.3 Å². The number of aliphatic hydroxyl groups is 1. The molecule has 0 saturated carbocycles. The molecule has 2 atom stereocenters. The summed E-state index contributed by atoms with van der Waals surface area (Å²) in [6.45, 7) is -0.177. The van der Waals surface area contributed by atoms with E-state index < -0.39 is 6.04 Å². The summed E-state index contributed by atoms with van der Waals surface area (Å²) in [5.41, 5.74) is 1.56. The molecule has 25 heavy (non-hydrogen) atoms. The van der Waals surface area contributed by atoms with Crippen LogP contribution in [0, 0.1) is 0 Å². The predicted molar refractivity (Wildman–Crippen MR) is 95.4 cm³/mol. The zero-order chi connectivity index (χ0) is 17.8. The van der Waals surface area contributed by atoms with E-state index in [0.717, 1.165) is 10.4 Å². The van der Waals surface area contributed by atoms with Crippen molar-refractivity contribution in [1.82, 2.24) is 4.90 Å². The Morgan fingerprint density at radius 3 is 2.76 bits per heavy atom. The summed E-state index contributed by atoms with van der Waals surface area (Å²) < 4.78 is 5.60. The van der Waals surface area contributed by atoms with Gasteiger partial charge in [0.2, 0.25) is 11.8 Å². The van der Waals surface area contributed by atoms with Crippen LogP contribution in [-0.2, 0) is 20.7 Å². The molecule has 1 aliphatic heterocycles. The number of anilines is 1. The fourth-order valence-corrected chi connectivity index (χ4v) is 3.53. The van der Waals surface area contributed by atoms with Crippen molar-refractivity contribution in [3.05, 3.63) is 52.2 Å². The van der Waals surface area contributed by atoms with Crippen LogP contribution in [0.5, 0.6) is 0 Å². The highest BCUT2D eigenvalue weighted by Gasteiger charge is 2.34. The maximum Gasteiger partial charge on any atom is 0.248 e. The Balaban J connectivity index is 1.65. The van der Waals surface area contributed by atoms with Crippen LogP contribution in [0.15, 0.2) is 41.8 Å². The first kappa shape index (κ1) is 17.6. The van der Waals surface area contributed by atoms with Crippen LogP contribution < -0.4 is 5.32 Å². The van der Waals surface area contributed by atoms with Crippen LogP contribution in [0.4, 0.5) is 5.69 Å². The number of nitrogens with one attached hydrogen (secondary N) is 1. The number of carbonyl (C=O) groups excluding carboxylic acids is 2. The maximum absolute atomic E-state index is 12.0. The molecule has 6 nitrogen and oxygen atoms in total. The quantitative estimate of drug-likeness (QED) is 0.853. The van der Waals surface area contributed by atoms with Gasteiger partial charge in [0, 0.05) is 17.6 Å². The van der Waals surface area contributed by atoms with Crippen molar-refractivity contribution in [3.63, 3.8) is 0 Å². The minimum Gasteiger partial charge on any atom is -0.394 e. The van der Waals surface area contributed by atoms with Gasteiger partial charge in [0.1, 0.15) is 12.7 Å². The van der Waals surface area contributed by atoms with Gasteiger partial charge >= 0.3 is 0 Å². The zero-order valence-corrected chi connectivity index (χ0v) is 14.7. The van der Waals surface area contributed by atoms with E-state index in [1.165, 1.54) is 4.90 Å². The van der Waals surface area contributed by atoms with Gasteiger partial charge in [0.15, 0.2) is 0 Å². The Bertz CT molecular complexity index is 730. The van der Waals surface area contributed by atoms with Crippen LogP contribution in [0.25, 0.3) is 0 Å². The normalized spacial score (nSPS) is 20.6. The highest BCUT2D eigenvalue weighted by atomic mass is 32.1. The smallest absolute Gasteiger partial charge is 0.248 e. The topological polar surface area (TPSA) is 78.9 Å². The van der Waals surface area contributed by atoms with E-state index in [9.17, 15) is 14.7 Å². The second kappa shape index (κ2) is 7.77. The Kier molecular flexibility index (Phi) is 5.47. The summed E-state index contributed by atoms with van der Waals surface area (Å²) in [6.07, 6.45) is -0.0338. The number of nitrogens with zero attached hydrogens (tertiary/aromatic N) is 1. The van der Waals surface area contributed by atoms with Gasteiger partial charge in [-0.2, -0.15) is 0 Å². The minimum atomic E-state index is -0.416. The van der Waals surface area contributed by atoms with Crippen molar-refractivity contribution in [2.75, 3.05) is 25.6 Å². The molecular weight excluding hydrogens is 340 g/mol. The summed E-state index contributed by atoms with van der Waals surface area (Å²) in [5.74, 6) is -0.213. The Morgan fingerprint density at radius 1 is 1.36 bits per heavy atom.